The molecule has 0 spiro atoms. The molecule has 10 heteroatoms. The second-order valence-electron chi connectivity index (χ2n) is 8.44. The molecule has 0 saturated carbocycles. The van der Waals surface area contributed by atoms with Gasteiger partial charge in [-0.25, -0.2) is 4.79 Å². The third-order valence-electron chi connectivity index (χ3n) is 5.91. The van der Waals surface area contributed by atoms with Crippen LogP contribution in [-0.2, 0) is 14.3 Å². The Balaban J connectivity index is 1.29. The summed E-state index contributed by atoms with van der Waals surface area (Å²) in [7, 11) is 0. The molecular formula is C27H22N2O8. The van der Waals surface area contributed by atoms with Crippen molar-refractivity contribution in [2.45, 2.75) is 13.3 Å². The summed E-state index contributed by atoms with van der Waals surface area (Å²) < 4.78 is 10.4. The third kappa shape index (κ3) is 5.87. The molecule has 0 bridgehead atoms. The van der Waals surface area contributed by atoms with Crippen LogP contribution in [0.3, 0.4) is 0 Å². The third-order valence-corrected chi connectivity index (χ3v) is 5.91. The van der Waals surface area contributed by atoms with E-state index in [1.807, 2.05) is 31.2 Å². The standard InChI is InChI=1S/C27H22N2O8/c1-17-4-2-3-5-23(17)28-15-20(14-25(28)31)26(32)36-16-24(30)18-8-12-22(13-9-18)37-27(33)19-6-10-21(11-7-19)29(34)35/h2-13,20H,14-16H2,1H3/t20-/m0/s1. The molecule has 0 radical (unpaired) electrons. The van der Waals surface area contributed by atoms with Crippen LogP contribution in [0.1, 0.15) is 32.7 Å². The Bertz CT molecular complexity index is 1370. The number of Topliss-reactive ketones (excluding diaryl/α,β-unsaturated/α-hetero) is 1. The minimum atomic E-state index is -0.714. The van der Waals surface area contributed by atoms with Crippen LogP contribution in [-0.4, -0.2) is 41.7 Å². The summed E-state index contributed by atoms with van der Waals surface area (Å²) in [5.41, 5.74) is 1.88. The molecule has 3 aromatic carbocycles. The second kappa shape index (κ2) is 10.8. The number of ketones is 1. The molecule has 0 aliphatic carbocycles. The molecule has 1 atom stereocenters. The lowest BCUT2D eigenvalue weighted by Gasteiger charge is -2.18. The highest BCUT2D eigenvalue weighted by atomic mass is 16.6. The zero-order valence-corrected chi connectivity index (χ0v) is 19.8. The van der Waals surface area contributed by atoms with Crippen LogP contribution < -0.4 is 9.64 Å². The lowest BCUT2D eigenvalue weighted by molar-refractivity contribution is -0.384. The quantitative estimate of drug-likeness (QED) is 0.149. The molecule has 1 aliphatic rings. The summed E-state index contributed by atoms with van der Waals surface area (Å²) in [4.78, 5) is 61.4. The normalized spacial score (nSPS) is 14.8. The molecule has 1 aliphatic heterocycles. The first-order chi connectivity index (χ1) is 17.7. The summed E-state index contributed by atoms with van der Waals surface area (Å²) in [5.74, 6) is -2.47. The number of hydrogen-bond acceptors (Lipinski definition) is 8. The predicted molar refractivity (Wildman–Crippen MR) is 131 cm³/mol. The Morgan fingerprint density at radius 3 is 2.27 bits per heavy atom. The van der Waals surface area contributed by atoms with Crippen molar-refractivity contribution in [1.29, 1.82) is 0 Å². The Kier molecular flexibility index (Phi) is 7.38. The lowest BCUT2D eigenvalue weighted by Crippen LogP contribution is -2.27. The van der Waals surface area contributed by atoms with Gasteiger partial charge in [0.1, 0.15) is 5.75 Å². The summed E-state index contributed by atoms with van der Waals surface area (Å²) in [6, 6.07) is 18.0. The van der Waals surface area contributed by atoms with Crippen LogP contribution in [0.5, 0.6) is 5.75 Å². The van der Waals surface area contributed by atoms with Gasteiger partial charge in [-0.15, -0.1) is 0 Å². The molecule has 37 heavy (non-hydrogen) atoms. The van der Waals surface area contributed by atoms with E-state index in [0.29, 0.717) is 0 Å². The van der Waals surface area contributed by atoms with Gasteiger partial charge in [0.05, 0.1) is 16.4 Å². The number of nitro benzene ring substituents is 1. The molecule has 0 N–H and O–H groups in total. The van der Waals surface area contributed by atoms with Gasteiger partial charge in [-0.05, 0) is 55.0 Å². The maximum atomic E-state index is 12.5. The van der Waals surface area contributed by atoms with Gasteiger partial charge in [0.15, 0.2) is 12.4 Å². The molecule has 0 aromatic heterocycles. The van der Waals surface area contributed by atoms with E-state index in [-0.39, 0.29) is 41.4 Å². The molecule has 10 nitrogen and oxygen atoms in total. The van der Waals surface area contributed by atoms with Crippen molar-refractivity contribution < 1.29 is 33.6 Å². The van der Waals surface area contributed by atoms with Crippen LogP contribution in [0.25, 0.3) is 0 Å². The summed E-state index contributed by atoms with van der Waals surface area (Å²) in [6.07, 6.45) is 0.0101. The molecule has 1 heterocycles. The van der Waals surface area contributed by atoms with Crippen LogP contribution >= 0.6 is 0 Å². The van der Waals surface area contributed by atoms with Crippen LogP contribution in [0.15, 0.2) is 72.8 Å². The van der Waals surface area contributed by atoms with Gasteiger partial charge >= 0.3 is 11.9 Å². The summed E-state index contributed by atoms with van der Waals surface area (Å²) >= 11 is 0. The predicted octanol–water partition coefficient (Wildman–Crippen LogP) is 3.90. The van der Waals surface area contributed by atoms with Gasteiger partial charge in [0, 0.05) is 36.3 Å². The van der Waals surface area contributed by atoms with E-state index >= 15 is 0 Å². The Hall–Kier alpha value is -4.86. The molecular weight excluding hydrogens is 480 g/mol. The van der Waals surface area contributed by atoms with E-state index in [4.69, 9.17) is 9.47 Å². The van der Waals surface area contributed by atoms with E-state index in [1.165, 1.54) is 48.5 Å². The number of nitro groups is 1. The molecule has 3 aromatic rings. The smallest absolute Gasteiger partial charge is 0.343 e. The molecule has 1 amide bonds. The number of carbonyl (C=O) groups is 4. The highest BCUT2D eigenvalue weighted by Gasteiger charge is 2.36. The topological polar surface area (TPSA) is 133 Å². The van der Waals surface area contributed by atoms with Crippen LogP contribution in [0.4, 0.5) is 11.4 Å². The number of para-hydroxylation sites is 1. The number of carbonyl (C=O) groups excluding carboxylic acids is 4. The minimum absolute atomic E-state index is 0.0101. The minimum Gasteiger partial charge on any atom is -0.457 e. The number of anilines is 1. The van der Waals surface area contributed by atoms with Crippen molar-refractivity contribution >= 4 is 35.0 Å². The largest absolute Gasteiger partial charge is 0.457 e. The number of nitrogens with zero attached hydrogens (tertiary/aromatic N) is 2. The molecule has 1 saturated heterocycles. The van der Waals surface area contributed by atoms with Gasteiger partial charge in [-0.3, -0.25) is 24.5 Å². The highest BCUT2D eigenvalue weighted by molar-refractivity contribution is 6.01. The fourth-order valence-corrected chi connectivity index (χ4v) is 3.90. The summed E-state index contributed by atoms with van der Waals surface area (Å²) in [6.45, 7) is 1.58. The van der Waals surface area contributed by atoms with Crippen molar-refractivity contribution in [1.82, 2.24) is 0 Å². The van der Waals surface area contributed by atoms with E-state index in [9.17, 15) is 29.3 Å². The number of benzene rings is 3. The number of non-ortho nitro benzene ring substituents is 1. The van der Waals surface area contributed by atoms with Crippen LogP contribution in [0, 0.1) is 23.0 Å². The van der Waals surface area contributed by atoms with Crippen molar-refractivity contribution in [2.24, 2.45) is 5.92 Å². The average Bonchev–Trinajstić information content (AvgIpc) is 3.29. The van der Waals surface area contributed by atoms with Crippen molar-refractivity contribution in [3.8, 4) is 5.75 Å². The van der Waals surface area contributed by atoms with Gasteiger partial charge in [-0.2, -0.15) is 0 Å². The number of hydrogen-bond donors (Lipinski definition) is 0. The van der Waals surface area contributed by atoms with E-state index < -0.39 is 35.2 Å². The first-order valence-corrected chi connectivity index (χ1v) is 11.4. The summed E-state index contributed by atoms with van der Waals surface area (Å²) in [5, 5.41) is 10.7. The molecule has 1 fully saturated rings. The molecule has 188 valence electrons. The van der Waals surface area contributed by atoms with Gasteiger partial charge < -0.3 is 14.4 Å². The Morgan fingerprint density at radius 2 is 1.62 bits per heavy atom. The number of amides is 1. The Morgan fingerprint density at radius 1 is 0.973 bits per heavy atom. The number of ether oxygens (including phenoxy) is 2. The fourth-order valence-electron chi connectivity index (χ4n) is 3.90. The molecule has 4 rings (SSSR count). The Labute approximate surface area is 211 Å². The SMILES string of the molecule is Cc1ccccc1N1C[C@@H](C(=O)OCC(=O)c2ccc(OC(=O)c3ccc([N+](=O)[O-])cc3)cc2)CC1=O. The average molecular weight is 502 g/mol. The van der Waals surface area contributed by atoms with Crippen molar-refractivity contribution in [3.63, 3.8) is 0 Å². The zero-order chi connectivity index (χ0) is 26.5. The van der Waals surface area contributed by atoms with E-state index in [1.54, 1.807) is 4.90 Å². The number of rotatable bonds is 8. The highest BCUT2D eigenvalue weighted by Crippen LogP contribution is 2.28. The monoisotopic (exact) mass is 502 g/mol. The molecule has 0 unspecified atom stereocenters. The van der Waals surface area contributed by atoms with Gasteiger partial charge in [-0.1, -0.05) is 18.2 Å². The fraction of sp³-hybridized carbons (Fsp3) is 0.185. The van der Waals surface area contributed by atoms with Gasteiger partial charge in [0.25, 0.3) is 5.69 Å². The second-order valence-corrected chi connectivity index (χ2v) is 8.44. The first kappa shape index (κ1) is 25.2. The zero-order valence-electron chi connectivity index (χ0n) is 19.8. The maximum Gasteiger partial charge on any atom is 0.343 e. The number of esters is 2. The van der Waals surface area contributed by atoms with Gasteiger partial charge in [0.2, 0.25) is 5.91 Å². The van der Waals surface area contributed by atoms with Crippen molar-refractivity contribution in [3.05, 3.63) is 99.6 Å². The number of aryl methyl sites for hydroxylation is 1. The maximum absolute atomic E-state index is 12.5. The lowest BCUT2D eigenvalue weighted by atomic mass is 10.1. The van der Waals surface area contributed by atoms with Crippen LogP contribution in [0.2, 0.25) is 0 Å². The first-order valence-electron chi connectivity index (χ1n) is 11.4. The van der Waals surface area contributed by atoms with E-state index in [0.717, 1.165) is 11.3 Å². The van der Waals surface area contributed by atoms with E-state index in [2.05, 4.69) is 0 Å². The van der Waals surface area contributed by atoms with Crippen molar-refractivity contribution in [2.75, 3.05) is 18.1 Å².